The number of ether oxygens (including phenoxy) is 1. The Hall–Kier alpha value is -4.43. The average molecular weight is 511 g/mol. The van der Waals surface area contributed by atoms with Gasteiger partial charge in [0.15, 0.2) is 0 Å². The van der Waals surface area contributed by atoms with Crippen LogP contribution in [0.25, 0.3) is 11.1 Å². The molecule has 2 heterocycles. The largest absolute Gasteiger partial charge is 0.478 e. The van der Waals surface area contributed by atoms with E-state index in [0.29, 0.717) is 57.9 Å². The van der Waals surface area contributed by atoms with E-state index in [1.165, 1.54) is 23.0 Å². The van der Waals surface area contributed by atoms with Gasteiger partial charge in [-0.15, -0.1) is 0 Å². The lowest BCUT2D eigenvalue weighted by molar-refractivity contribution is 0.102. The van der Waals surface area contributed by atoms with E-state index < -0.39 is 0 Å². The SMILES string of the molecule is CCOc1cccc(Nc2cc(-c3cccc(NC(=O)c4ccc(C5CC5)cc4)c3CO)cn(C)c2=O)n1. The fraction of sp³-hybridized carbons (Fsp3) is 0.233. The number of aryl methyl sites for hydroxylation is 1. The van der Waals surface area contributed by atoms with E-state index in [4.69, 9.17) is 4.74 Å². The van der Waals surface area contributed by atoms with Crippen LogP contribution in [0.4, 0.5) is 17.2 Å². The standard InChI is InChI=1S/C30H30N4O4/c1-3-38-28-9-5-8-27(33-28)31-26-16-22(17-34(2)30(26)37)23-6-4-7-25(24(23)18-35)32-29(36)21-14-12-20(13-15-21)19-10-11-19/h4-9,12-17,19,35H,3,10-11,18H2,1-2H3,(H,31,33)(H,32,36). The molecule has 2 aromatic heterocycles. The number of pyridine rings is 2. The maximum atomic E-state index is 13.0. The Morgan fingerprint density at radius 1 is 1.08 bits per heavy atom. The van der Waals surface area contributed by atoms with Gasteiger partial charge in [-0.05, 0) is 67.1 Å². The molecule has 1 amide bonds. The van der Waals surface area contributed by atoms with Crippen LogP contribution in [0, 0.1) is 0 Å². The fourth-order valence-corrected chi connectivity index (χ4v) is 4.46. The summed E-state index contributed by atoms with van der Waals surface area (Å²) >= 11 is 0. The molecule has 8 heteroatoms. The minimum atomic E-state index is -0.296. The van der Waals surface area contributed by atoms with Gasteiger partial charge in [-0.1, -0.05) is 30.3 Å². The molecule has 8 nitrogen and oxygen atoms in total. The molecule has 38 heavy (non-hydrogen) atoms. The number of hydrogen-bond acceptors (Lipinski definition) is 6. The molecule has 4 aromatic rings. The van der Waals surface area contributed by atoms with Crippen LogP contribution in [0.15, 0.2) is 77.7 Å². The molecule has 5 rings (SSSR count). The number of anilines is 3. The minimum absolute atomic E-state index is 0.234. The summed E-state index contributed by atoms with van der Waals surface area (Å²) in [5.74, 6) is 1.30. The van der Waals surface area contributed by atoms with Gasteiger partial charge in [0, 0.05) is 41.7 Å². The second-order valence-corrected chi connectivity index (χ2v) is 9.32. The molecule has 1 aliphatic carbocycles. The maximum absolute atomic E-state index is 13.0. The molecular formula is C30H30N4O4. The minimum Gasteiger partial charge on any atom is -0.478 e. The number of aliphatic hydroxyl groups excluding tert-OH is 1. The summed E-state index contributed by atoms with van der Waals surface area (Å²) in [6.07, 6.45) is 4.11. The van der Waals surface area contributed by atoms with E-state index in [1.54, 1.807) is 43.6 Å². The van der Waals surface area contributed by atoms with Crippen LogP contribution in [-0.4, -0.2) is 27.2 Å². The highest BCUT2D eigenvalue weighted by Gasteiger charge is 2.23. The first-order valence-electron chi connectivity index (χ1n) is 12.7. The molecule has 0 atom stereocenters. The van der Waals surface area contributed by atoms with Crippen molar-refractivity contribution in [2.75, 3.05) is 17.2 Å². The van der Waals surface area contributed by atoms with Gasteiger partial charge < -0.3 is 25.0 Å². The van der Waals surface area contributed by atoms with Crippen molar-refractivity contribution in [2.45, 2.75) is 32.3 Å². The fourth-order valence-electron chi connectivity index (χ4n) is 4.46. The van der Waals surface area contributed by atoms with E-state index in [1.807, 2.05) is 43.3 Å². The van der Waals surface area contributed by atoms with Crippen LogP contribution < -0.4 is 20.9 Å². The second-order valence-electron chi connectivity index (χ2n) is 9.32. The number of amides is 1. The van der Waals surface area contributed by atoms with Crippen LogP contribution in [0.2, 0.25) is 0 Å². The van der Waals surface area contributed by atoms with E-state index in [-0.39, 0.29) is 18.1 Å². The molecule has 0 radical (unpaired) electrons. The number of nitrogens with zero attached hydrogens (tertiary/aromatic N) is 2. The molecule has 194 valence electrons. The number of rotatable bonds is 9. The quantitative estimate of drug-likeness (QED) is 0.285. The lowest BCUT2D eigenvalue weighted by atomic mass is 9.99. The van der Waals surface area contributed by atoms with Crippen LogP contribution in [-0.2, 0) is 13.7 Å². The molecule has 0 saturated heterocycles. The van der Waals surface area contributed by atoms with Crippen LogP contribution >= 0.6 is 0 Å². The van der Waals surface area contributed by atoms with Gasteiger partial charge in [-0.2, -0.15) is 4.98 Å². The Morgan fingerprint density at radius 3 is 2.55 bits per heavy atom. The highest BCUT2D eigenvalue weighted by Crippen LogP contribution is 2.40. The van der Waals surface area contributed by atoms with E-state index in [2.05, 4.69) is 15.6 Å². The van der Waals surface area contributed by atoms with Gasteiger partial charge in [0.2, 0.25) is 5.88 Å². The number of aliphatic hydroxyl groups is 1. The first-order valence-corrected chi connectivity index (χ1v) is 12.7. The summed E-state index contributed by atoms with van der Waals surface area (Å²) in [7, 11) is 1.66. The van der Waals surface area contributed by atoms with Crippen LogP contribution in [0.3, 0.4) is 0 Å². The first kappa shape index (κ1) is 25.2. The molecule has 3 N–H and O–H groups in total. The Balaban J connectivity index is 1.44. The van der Waals surface area contributed by atoms with Crippen molar-refractivity contribution >= 4 is 23.1 Å². The van der Waals surface area contributed by atoms with Crippen LogP contribution in [0.1, 0.15) is 47.2 Å². The molecule has 0 aliphatic heterocycles. The predicted octanol–water partition coefficient (Wildman–Crippen LogP) is 5.21. The second kappa shape index (κ2) is 10.9. The van der Waals surface area contributed by atoms with Crippen molar-refractivity contribution < 1.29 is 14.6 Å². The lowest BCUT2D eigenvalue weighted by Crippen LogP contribution is -2.20. The third-order valence-electron chi connectivity index (χ3n) is 6.58. The Labute approximate surface area is 220 Å². The number of carbonyl (C=O) groups is 1. The van der Waals surface area contributed by atoms with Crippen molar-refractivity contribution in [1.82, 2.24) is 9.55 Å². The predicted molar refractivity (Wildman–Crippen MR) is 148 cm³/mol. The molecule has 0 spiro atoms. The third kappa shape index (κ3) is 5.45. The summed E-state index contributed by atoms with van der Waals surface area (Å²) in [5.41, 5.74) is 4.36. The summed E-state index contributed by atoms with van der Waals surface area (Å²) in [4.78, 5) is 30.3. The van der Waals surface area contributed by atoms with Crippen molar-refractivity contribution in [3.63, 3.8) is 0 Å². The van der Waals surface area contributed by atoms with Gasteiger partial charge in [0.05, 0.1) is 13.2 Å². The summed E-state index contributed by atoms with van der Waals surface area (Å²) < 4.78 is 6.93. The zero-order valence-corrected chi connectivity index (χ0v) is 21.4. The smallest absolute Gasteiger partial charge is 0.274 e. The average Bonchev–Trinajstić information content (AvgIpc) is 3.77. The zero-order chi connectivity index (χ0) is 26.6. The van der Waals surface area contributed by atoms with Gasteiger partial charge in [-0.3, -0.25) is 9.59 Å². The molecule has 0 unspecified atom stereocenters. The first-order chi connectivity index (χ1) is 18.5. The van der Waals surface area contributed by atoms with E-state index >= 15 is 0 Å². The highest BCUT2D eigenvalue weighted by molar-refractivity contribution is 6.05. The molecule has 1 fully saturated rings. The van der Waals surface area contributed by atoms with E-state index in [0.717, 1.165) is 0 Å². The number of aromatic nitrogens is 2. The zero-order valence-electron chi connectivity index (χ0n) is 21.4. The number of carbonyl (C=O) groups excluding carboxylic acids is 1. The molecule has 1 aliphatic rings. The molecule has 1 saturated carbocycles. The van der Waals surface area contributed by atoms with E-state index in [9.17, 15) is 14.7 Å². The molecule has 2 aromatic carbocycles. The Bertz CT molecular complexity index is 1520. The summed E-state index contributed by atoms with van der Waals surface area (Å²) in [6.45, 7) is 2.06. The van der Waals surface area contributed by atoms with Gasteiger partial charge in [0.1, 0.15) is 11.5 Å². The van der Waals surface area contributed by atoms with Crippen molar-refractivity contribution in [3.8, 4) is 17.0 Å². The van der Waals surface area contributed by atoms with Crippen LogP contribution in [0.5, 0.6) is 5.88 Å². The Kier molecular flexibility index (Phi) is 7.24. The lowest BCUT2D eigenvalue weighted by Gasteiger charge is -2.16. The number of hydrogen-bond donors (Lipinski definition) is 3. The topological polar surface area (TPSA) is 105 Å². The third-order valence-corrected chi connectivity index (χ3v) is 6.58. The number of nitrogens with one attached hydrogen (secondary N) is 2. The molecule has 0 bridgehead atoms. The highest BCUT2D eigenvalue weighted by atomic mass is 16.5. The molecular weight excluding hydrogens is 480 g/mol. The normalized spacial score (nSPS) is 12.7. The maximum Gasteiger partial charge on any atom is 0.274 e. The summed E-state index contributed by atoms with van der Waals surface area (Å²) in [5, 5.41) is 16.3. The Morgan fingerprint density at radius 2 is 1.84 bits per heavy atom. The number of benzene rings is 2. The van der Waals surface area contributed by atoms with Gasteiger partial charge in [-0.25, -0.2) is 0 Å². The van der Waals surface area contributed by atoms with Gasteiger partial charge >= 0.3 is 0 Å². The van der Waals surface area contributed by atoms with Gasteiger partial charge in [0.25, 0.3) is 11.5 Å². The van der Waals surface area contributed by atoms with Crippen molar-refractivity contribution in [1.29, 1.82) is 0 Å². The summed E-state index contributed by atoms with van der Waals surface area (Å²) in [6, 6.07) is 20.1. The monoisotopic (exact) mass is 510 g/mol. The van der Waals surface area contributed by atoms with Crippen molar-refractivity contribution in [3.05, 3.63) is 100.0 Å². The van der Waals surface area contributed by atoms with Crippen molar-refractivity contribution in [2.24, 2.45) is 7.05 Å².